The summed E-state index contributed by atoms with van der Waals surface area (Å²) in [7, 11) is 0. The number of aliphatic hydroxyl groups is 2. The third-order valence-corrected chi connectivity index (χ3v) is 11.4. The van der Waals surface area contributed by atoms with E-state index in [2.05, 4.69) is 26.1 Å². The van der Waals surface area contributed by atoms with Crippen molar-refractivity contribution >= 4 is 0 Å². The van der Waals surface area contributed by atoms with Gasteiger partial charge in [0, 0.05) is 6.04 Å². The molecule has 3 heteroatoms. The Kier molecular flexibility index (Phi) is 5.16. The van der Waals surface area contributed by atoms with Crippen molar-refractivity contribution in [1.29, 1.82) is 0 Å². The molecule has 0 aromatic carbocycles. The van der Waals surface area contributed by atoms with Crippen LogP contribution in [-0.2, 0) is 0 Å². The van der Waals surface area contributed by atoms with Gasteiger partial charge in [-0.25, -0.2) is 0 Å². The van der Waals surface area contributed by atoms with Crippen LogP contribution in [0.25, 0.3) is 0 Å². The number of hydrogen-bond donors (Lipinski definition) is 3. The van der Waals surface area contributed by atoms with Gasteiger partial charge in [0.25, 0.3) is 0 Å². The van der Waals surface area contributed by atoms with Crippen LogP contribution < -0.4 is 5.32 Å². The Bertz CT molecular complexity index is 614. The van der Waals surface area contributed by atoms with Gasteiger partial charge in [-0.05, 0) is 125 Å². The van der Waals surface area contributed by atoms with Gasteiger partial charge in [0.2, 0.25) is 0 Å². The number of nitrogens with one attached hydrogen (secondary N) is 1. The minimum atomic E-state index is -0.577. The molecule has 0 radical (unpaired) electrons. The quantitative estimate of drug-likeness (QED) is 0.615. The van der Waals surface area contributed by atoms with Gasteiger partial charge in [0.15, 0.2) is 0 Å². The molecule has 3 nitrogen and oxygen atoms in total. The molecule has 29 heavy (non-hydrogen) atoms. The second-order valence-electron chi connectivity index (χ2n) is 12.5. The summed E-state index contributed by atoms with van der Waals surface area (Å²) in [6.45, 7) is 8.38. The Balaban J connectivity index is 1.38. The molecule has 4 saturated carbocycles. The summed E-state index contributed by atoms with van der Waals surface area (Å²) in [5, 5.41) is 25.8. The number of aliphatic hydroxyl groups excluding tert-OH is 1. The first-order valence-electron chi connectivity index (χ1n) is 12.9. The van der Waals surface area contributed by atoms with Crippen LogP contribution in [0.2, 0.25) is 0 Å². The maximum absolute atomic E-state index is 11.8. The molecule has 3 N–H and O–H groups in total. The summed E-state index contributed by atoms with van der Waals surface area (Å²) < 4.78 is 0. The van der Waals surface area contributed by atoms with Crippen LogP contribution in [-0.4, -0.2) is 34.5 Å². The molecular formula is C26H45NO2. The van der Waals surface area contributed by atoms with E-state index in [4.69, 9.17) is 0 Å². The maximum Gasteiger partial charge on any atom is 0.0805 e. The van der Waals surface area contributed by atoms with Gasteiger partial charge in [-0.2, -0.15) is 0 Å². The number of piperidine rings is 1. The van der Waals surface area contributed by atoms with E-state index in [1.54, 1.807) is 0 Å². The summed E-state index contributed by atoms with van der Waals surface area (Å²) in [5.41, 5.74) is 0.184. The normalized spacial score (nSPS) is 54.7. The second kappa shape index (κ2) is 7.20. The Morgan fingerprint density at radius 2 is 1.62 bits per heavy atom. The van der Waals surface area contributed by atoms with Crippen molar-refractivity contribution in [1.82, 2.24) is 5.32 Å². The van der Waals surface area contributed by atoms with Crippen LogP contribution in [0.3, 0.4) is 0 Å². The van der Waals surface area contributed by atoms with Crippen molar-refractivity contribution in [3.05, 3.63) is 0 Å². The number of hydrogen-bond acceptors (Lipinski definition) is 3. The Labute approximate surface area is 178 Å². The highest BCUT2D eigenvalue weighted by Gasteiger charge is 2.63. The first-order chi connectivity index (χ1) is 13.8. The molecule has 166 valence electrons. The van der Waals surface area contributed by atoms with Crippen LogP contribution in [0.15, 0.2) is 0 Å². The fraction of sp³-hybridized carbons (Fsp3) is 1.00. The summed E-state index contributed by atoms with van der Waals surface area (Å²) in [6, 6.07) is 0.280. The van der Waals surface area contributed by atoms with Crippen LogP contribution in [0.4, 0.5) is 0 Å². The molecular weight excluding hydrogens is 358 g/mol. The zero-order valence-electron chi connectivity index (χ0n) is 19.1. The zero-order chi connectivity index (χ0) is 20.4. The molecule has 1 aliphatic heterocycles. The van der Waals surface area contributed by atoms with Crippen molar-refractivity contribution in [2.75, 3.05) is 6.54 Å². The summed E-state index contributed by atoms with van der Waals surface area (Å²) >= 11 is 0. The lowest BCUT2D eigenvalue weighted by Gasteiger charge is -2.61. The first-order valence-corrected chi connectivity index (χ1v) is 12.9. The van der Waals surface area contributed by atoms with Crippen LogP contribution >= 0.6 is 0 Å². The molecule has 0 amide bonds. The molecule has 5 aliphatic rings. The lowest BCUT2D eigenvalue weighted by atomic mass is 9.44. The van der Waals surface area contributed by atoms with E-state index < -0.39 is 5.60 Å². The fourth-order valence-electron chi connectivity index (χ4n) is 9.79. The van der Waals surface area contributed by atoms with Crippen molar-refractivity contribution < 1.29 is 10.2 Å². The van der Waals surface area contributed by atoms with Gasteiger partial charge in [-0.15, -0.1) is 0 Å². The molecule has 5 fully saturated rings. The Morgan fingerprint density at radius 3 is 2.38 bits per heavy atom. The average molecular weight is 404 g/mol. The molecule has 5 rings (SSSR count). The lowest BCUT2D eigenvalue weighted by molar-refractivity contribution is -0.149. The molecule has 1 saturated heterocycles. The van der Waals surface area contributed by atoms with E-state index in [0.29, 0.717) is 16.7 Å². The van der Waals surface area contributed by atoms with Gasteiger partial charge < -0.3 is 15.5 Å². The summed E-state index contributed by atoms with van der Waals surface area (Å²) in [5.74, 6) is 3.68. The molecule has 4 aliphatic carbocycles. The molecule has 0 bridgehead atoms. The van der Waals surface area contributed by atoms with Crippen LogP contribution in [0.5, 0.6) is 0 Å². The minimum absolute atomic E-state index is 0.0487. The lowest BCUT2D eigenvalue weighted by Crippen LogP contribution is -2.60. The third kappa shape index (κ3) is 3.08. The SMILES string of the molecule is CC(O)(C1CCCCN1)[C@H]1CC[C@H]2C3CCC4C[C@@H](O)CC[C@]4(C)[C@H]3CC[C@]12C. The number of rotatable bonds is 2. The maximum atomic E-state index is 11.8. The number of fused-ring (bicyclic) bond motifs is 5. The van der Waals surface area contributed by atoms with Gasteiger partial charge in [0.05, 0.1) is 11.7 Å². The van der Waals surface area contributed by atoms with Gasteiger partial charge in [0.1, 0.15) is 0 Å². The van der Waals surface area contributed by atoms with Crippen molar-refractivity contribution in [3.8, 4) is 0 Å². The van der Waals surface area contributed by atoms with Gasteiger partial charge >= 0.3 is 0 Å². The average Bonchev–Trinajstić information content (AvgIpc) is 3.07. The Morgan fingerprint density at radius 1 is 0.862 bits per heavy atom. The monoisotopic (exact) mass is 403 g/mol. The van der Waals surface area contributed by atoms with Gasteiger partial charge in [-0.3, -0.25) is 0 Å². The van der Waals surface area contributed by atoms with Crippen molar-refractivity contribution in [2.24, 2.45) is 40.4 Å². The molecule has 0 aromatic rings. The molecule has 0 spiro atoms. The third-order valence-electron chi connectivity index (χ3n) is 11.4. The molecule has 0 aromatic heterocycles. The second-order valence-corrected chi connectivity index (χ2v) is 12.5. The predicted molar refractivity (Wildman–Crippen MR) is 117 cm³/mol. The standard InChI is InChI=1S/C26H45NO2/c1-24-13-11-18(28)16-17(24)7-8-19-20-9-10-22(25(20,2)14-12-21(19)24)26(3,29)23-6-4-5-15-27-23/h17-23,27-29H,4-16H2,1-3H3/t17?,18-,19?,20-,21-,22-,23?,24-,25-,26?/m0/s1. The highest BCUT2D eigenvalue weighted by Crippen LogP contribution is 2.68. The topological polar surface area (TPSA) is 52.5 Å². The van der Waals surface area contributed by atoms with E-state index in [9.17, 15) is 10.2 Å². The summed E-state index contributed by atoms with van der Waals surface area (Å²) in [4.78, 5) is 0. The highest BCUT2D eigenvalue weighted by atomic mass is 16.3. The largest absolute Gasteiger partial charge is 0.393 e. The first kappa shape index (κ1) is 20.8. The van der Waals surface area contributed by atoms with E-state index >= 15 is 0 Å². The van der Waals surface area contributed by atoms with Crippen LogP contribution in [0, 0.1) is 40.4 Å². The minimum Gasteiger partial charge on any atom is -0.393 e. The molecule has 4 unspecified atom stereocenters. The molecule has 10 atom stereocenters. The van der Waals surface area contributed by atoms with Crippen molar-refractivity contribution in [3.63, 3.8) is 0 Å². The van der Waals surface area contributed by atoms with E-state index in [0.717, 1.165) is 49.5 Å². The highest BCUT2D eigenvalue weighted by molar-refractivity contribution is 5.13. The zero-order valence-corrected chi connectivity index (χ0v) is 19.1. The smallest absolute Gasteiger partial charge is 0.0805 e. The van der Waals surface area contributed by atoms with E-state index in [1.165, 1.54) is 57.8 Å². The molecule has 1 heterocycles. The fourth-order valence-corrected chi connectivity index (χ4v) is 9.79. The van der Waals surface area contributed by atoms with Crippen molar-refractivity contribution in [2.45, 2.75) is 116 Å². The predicted octanol–water partition coefficient (Wildman–Crippen LogP) is 4.90. The van der Waals surface area contributed by atoms with E-state index in [1.807, 2.05) is 0 Å². The van der Waals surface area contributed by atoms with E-state index in [-0.39, 0.29) is 12.1 Å². The Hall–Kier alpha value is -0.120. The van der Waals surface area contributed by atoms with Crippen LogP contribution in [0.1, 0.15) is 97.8 Å². The van der Waals surface area contributed by atoms with Gasteiger partial charge in [-0.1, -0.05) is 20.3 Å². The summed E-state index contributed by atoms with van der Waals surface area (Å²) in [6.07, 6.45) is 14.8.